The summed E-state index contributed by atoms with van der Waals surface area (Å²) in [7, 11) is 0. The molecule has 0 aliphatic rings. The van der Waals surface area contributed by atoms with Crippen LogP contribution in [0.15, 0.2) is 24.3 Å². The van der Waals surface area contributed by atoms with Gasteiger partial charge in [-0.25, -0.2) is 9.59 Å². The number of primary amides is 1. The third-order valence-corrected chi connectivity index (χ3v) is 6.51. The van der Waals surface area contributed by atoms with Crippen molar-refractivity contribution in [3.8, 4) is 0 Å². The maximum Gasteiger partial charge on any atom is 0.326 e. The summed E-state index contributed by atoms with van der Waals surface area (Å²) in [6.45, 7) is 2.76. The van der Waals surface area contributed by atoms with Crippen LogP contribution >= 0.6 is 12.2 Å². The van der Waals surface area contributed by atoms with E-state index in [1.807, 2.05) is 31.2 Å². The van der Waals surface area contributed by atoms with Crippen LogP contribution in [0.4, 0.5) is 10.5 Å². The Morgan fingerprint density at radius 3 is 2.09 bits per heavy atom. The number of nitrogens with two attached hydrogens (primary N) is 2. The number of urea groups is 1. The molecule has 0 saturated carbocycles. The summed E-state index contributed by atoms with van der Waals surface area (Å²) in [6, 6.07) is 4.90. The number of carbonyl (C=O) groups excluding carboxylic acids is 3. The van der Waals surface area contributed by atoms with Crippen molar-refractivity contribution in [2.75, 3.05) is 18.4 Å². The van der Waals surface area contributed by atoms with Gasteiger partial charge in [-0.1, -0.05) is 18.6 Å². The molecule has 0 aliphatic carbocycles. The predicted octanol–water partition coefficient (Wildman–Crippen LogP) is 1.18. The molecule has 0 heterocycles. The molecular formula is C28H45N7O7S. The van der Waals surface area contributed by atoms with Crippen LogP contribution in [0.25, 0.3) is 0 Å². The summed E-state index contributed by atoms with van der Waals surface area (Å²) < 4.78 is 0. The number of anilines is 1. The number of carboxylic acids is 2. The van der Waals surface area contributed by atoms with Gasteiger partial charge in [0.2, 0.25) is 11.8 Å². The fourth-order valence-electron chi connectivity index (χ4n) is 4.10. The number of benzene rings is 1. The highest BCUT2D eigenvalue weighted by molar-refractivity contribution is 7.80. The molecule has 4 amide bonds. The first-order chi connectivity index (χ1) is 20.4. The normalized spacial score (nSPS) is 12.7. The van der Waals surface area contributed by atoms with E-state index in [1.54, 1.807) is 0 Å². The molecule has 1 aromatic carbocycles. The molecule has 14 nitrogen and oxygen atoms in total. The molecule has 0 fully saturated rings. The third-order valence-electron chi connectivity index (χ3n) is 6.27. The van der Waals surface area contributed by atoms with Crippen LogP contribution in [0.3, 0.4) is 0 Å². The number of amides is 4. The molecule has 0 saturated heterocycles. The molecule has 1 rings (SSSR count). The highest BCUT2D eigenvalue weighted by atomic mass is 32.1. The smallest absolute Gasteiger partial charge is 0.326 e. The van der Waals surface area contributed by atoms with Crippen molar-refractivity contribution >= 4 is 52.8 Å². The highest BCUT2D eigenvalue weighted by Gasteiger charge is 2.22. The summed E-state index contributed by atoms with van der Waals surface area (Å²) in [4.78, 5) is 58.1. The molecule has 3 atom stereocenters. The van der Waals surface area contributed by atoms with Gasteiger partial charge >= 0.3 is 18.0 Å². The first kappa shape index (κ1) is 37.0. The number of hydrogen-bond donors (Lipinski definition) is 9. The molecule has 0 spiro atoms. The number of carbonyl (C=O) groups is 5. The van der Waals surface area contributed by atoms with Crippen molar-refractivity contribution < 1.29 is 34.2 Å². The highest BCUT2D eigenvalue weighted by Crippen LogP contribution is 2.11. The summed E-state index contributed by atoms with van der Waals surface area (Å²) in [5.74, 6) is -3.18. The van der Waals surface area contributed by atoms with Gasteiger partial charge in [-0.3, -0.25) is 14.4 Å². The lowest BCUT2D eigenvalue weighted by molar-refractivity contribution is -0.139. The largest absolute Gasteiger partial charge is 0.481 e. The Kier molecular flexibility index (Phi) is 17.9. The monoisotopic (exact) mass is 623 g/mol. The van der Waals surface area contributed by atoms with Gasteiger partial charge in [0, 0.05) is 37.7 Å². The van der Waals surface area contributed by atoms with E-state index in [1.165, 1.54) is 0 Å². The van der Waals surface area contributed by atoms with Crippen molar-refractivity contribution in [2.24, 2.45) is 11.5 Å². The van der Waals surface area contributed by atoms with Gasteiger partial charge in [-0.05, 0) is 81.8 Å². The summed E-state index contributed by atoms with van der Waals surface area (Å²) in [5, 5.41) is 32.2. The van der Waals surface area contributed by atoms with Crippen molar-refractivity contribution in [1.82, 2.24) is 21.3 Å². The fourth-order valence-corrected chi connectivity index (χ4v) is 4.32. The molecule has 1 aromatic rings. The Morgan fingerprint density at radius 1 is 0.837 bits per heavy atom. The van der Waals surface area contributed by atoms with Gasteiger partial charge < -0.3 is 48.3 Å². The molecule has 240 valence electrons. The maximum atomic E-state index is 12.6. The Morgan fingerprint density at radius 2 is 1.49 bits per heavy atom. The molecule has 0 radical (unpaired) electrons. The third kappa shape index (κ3) is 18.2. The van der Waals surface area contributed by atoms with E-state index in [0.717, 1.165) is 30.5 Å². The van der Waals surface area contributed by atoms with Crippen molar-refractivity contribution in [2.45, 2.75) is 89.3 Å². The number of unbranched alkanes of at least 4 members (excludes halogenated alkanes) is 3. The Bertz CT molecular complexity index is 1070. The van der Waals surface area contributed by atoms with E-state index in [4.69, 9.17) is 33.9 Å². The quantitative estimate of drug-likeness (QED) is 0.0696. The molecule has 3 unspecified atom stereocenters. The Hall–Kier alpha value is -3.98. The zero-order valence-electron chi connectivity index (χ0n) is 24.5. The second kappa shape index (κ2) is 20.8. The van der Waals surface area contributed by atoms with Crippen LogP contribution in [0.1, 0.15) is 70.3 Å². The minimum atomic E-state index is -1.22. The molecule has 0 bridgehead atoms. The van der Waals surface area contributed by atoms with E-state index in [0.29, 0.717) is 30.9 Å². The lowest BCUT2D eigenvalue weighted by Crippen LogP contribution is -2.47. The van der Waals surface area contributed by atoms with Gasteiger partial charge in [0.15, 0.2) is 5.11 Å². The lowest BCUT2D eigenvalue weighted by atomic mass is 10.1. The fraction of sp³-hybridized carbons (Fsp3) is 0.571. The van der Waals surface area contributed by atoms with Crippen molar-refractivity contribution in [1.29, 1.82) is 0 Å². The number of nitrogens with one attached hydrogen (secondary N) is 5. The topological polar surface area (TPSA) is 238 Å². The maximum absolute atomic E-state index is 12.6. The molecule has 0 aromatic heterocycles. The van der Waals surface area contributed by atoms with Crippen LogP contribution in [0, 0.1) is 0 Å². The van der Waals surface area contributed by atoms with E-state index < -0.39 is 36.0 Å². The second-order valence-electron chi connectivity index (χ2n) is 10.3. The number of rotatable bonds is 21. The zero-order chi connectivity index (χ0) is 32.2. The average Bonchev–Trinajstić information content (AvgIpc) is 2.92. The van der Waals surface area contributed by atoms with E-state index in [9.17, 15) is 24.0 Å². The molecule has 43 heavy (non-hydrogen) atoms. The van der Waals surface area contributed by atoms with Crippen molar-refractivity contribution in [3.05, 3.63) is 29.8 Å². The number of carboxylic acid groups (broad SMARTS) is 2. The van der Waals surface area contributed by atoms with Gasteiger partial charge in [0.05, 0.1) is 0 Å². The number of thiocarbonyl (C=S) groups is 1. The molecule has 15 heteroatoms. The Labute approximate surface area is 257 Å². The molecular weight excluding hydrogens is 578 g/mol. The summed E-state index contributed by atoms with van der Waals surface area (Å²) in [6.07, 6.45) is 3.59. The summed E-state index contributed by atoms with van der Waals surface area (Å²) >= 11 is 5.33. The van der Waals surface area contributed by atoms with Gasteiger partial charge in [-0.2, -0.15) is 0 Å². The number of aliphatic carboxylic acids is 2. The first-order valence-corrected chi connectivity index (χ1v) is 14.7. The summed E-state index contributed by atoms with van der Waals surface area (Å²) in [5.41, 5.74) is 12.8. The van der Waals surface area contributed by atoms with Crippen LogP contribution < -0.4 is 38.1 Å². The molecule has 0 aliphatic heterocycles. The number of hydrogen-bond acceptors (Lipinski definition) is 7. The average molecular weight is 624 g/mol. The van der Waals surface area contributed by atoms with E-state index >= 15 is 0 Å². The standard InChI is InChI=1S/C28H45N7O7S/c1-18(29)17-19-9-11-20(12-10-19)33-28(43)32-16-5-2-3-8-23(36)34-21(13-14-24(37)38)25(39)31-15-6-4-7-22(26(40)41)35-27(30)42/h9-12,18,21-22H,2-8,13-17,29H2,1H3,(H,31,39)(H,34,36)(H,37,38)(H,40,41)(H3,30,35,42)(H2,32,33,43). The van der Waals surface area contributed by atoms with Crippen LogP contribution in [0.5, 0.6) is 0 Å². The van der Waals surface area contributed by atoms with E-state index in [-0.39, 0.29) is 44.2 Å². The molecule has 11 N–H and O–H groups in total. The van der Waals surface area contributed by atoms with Crippen LogP contribution in [-0.4, -0.2) is 76.3 Å². The predicted molar refractivity (Wildman–Crippen MR) is 166 cm³/mol. The Balaban J connectivity index is 2.33. The lowest BCUT2D eigenvalue weighted by Gasteiger charge is -2.18. The van der Waals surface area contributed by atoms with Crippen LogP contribution in [0.2, 0.25) is 0 Å². The minimum Gasteiger partial charge on any atom is -0.481 e. The zero-order valence-corrected chi connectivity index (χ0v) is 25.3. The van der Waals surface area contributed by atoms with Gasteiger partial charge in [-0.15, -0.1) is 0 Å². The van der Waals surface area contributed by atoms with Crippen LogP contribution in [-0.2, 0) is 25.6 Å². The van der Waals surface area contributed by atoms with Gasteiger partial charge in [0.25, 0.3) is 0 Å². The van der Waals surface area contributed by atoms with Gasteiger partial charge in [0.1, 0.15) is 12.1 Å². The second-order valence-corrected chi connectivity index (χ2v) is 10.7. The van der Waals surface area contributed by atoms with Crippen molar-refractivity contribution in [3.63, 3.8) is 0 Å². The van der Waals surface area contributed by atoms with E-state index in [2.05, 4.69) is 26.6 Å². The minimum absolute atomic E-state index is 0.0697. The first-order valence-electron chi connectivity index (χ1n) is 14.3. The SMILES string of the molecule is CC(N)Cc1ccc(NC(=S)NCCCCCC(=O)NC(CCC(=O)O)C(=O)NCCCCC(NC(N)=O)C(=O)O)cc1.